The fraction of sp³-hybridized carbons (Fsp3) is 0.190. The number of imidazole rings is 1. The molecular weight excluding hydrogens is 388 g/mol. The number of aromatic nitrogens is 2. The van der Waals surface area contributed by atoms with E-state index in [4.69, 9.17) is 4.74 Å². The minimum absolute atomic E-state index is 0.205. The van der Waals surface area contributed by atoms with Crippen molar-refractivity contribution in [1.29, 1.82) is 0 Å². The molecule has 0 radical (unpaired) electrons. The molecule has 2 N–H and O–H groups in total. The van der Waals surface area contributed by atoms with Gasteiger partial charge in [-0.15, -0.1) is 11.3 Å². The molecule has 0 unspecified atom stereocenters. The van der Waals surface area contributed by atoms with E-state index in [1.807, 2.05) is 28.3 Å². The van der Waals surface area contributed by atoms with Gasteiger partial charge in [-0.3, -0.25) is 9.59 Å². The number of amides is 2. The fourth-order valence-corrected chi connectivity index (χ4v) is 3.25. The second-order valence-corrected chi connectivity index (χ2v) is 7.15. The third-order valence-electron chi connectivity index (χ3n) is 4.11. The molecule has 0 saturated carbocycles. The summed E-state index contributed by atoms with van der Waals surface area (Å²) in [5, 5.41) is 7.50. The van der Waals surface area contributed by atoms with Crippen LogP contribution in [0.3, 0.4) is 0 Å². The quantitative estimate of drug-likeness (QED) is 0.420. The predicted molar refractivity (Wildman–Crippen MR) is 113 cm³/mol. The monoisotopic (exact) mass is 410 g/mol. The lowest BCUT2D eigenvalue weighted by molar-refractivity contribution is -0.117. The Hall–Kier alpha value is -3.39. The first-order valence-electron chi connectivity index (χ1n) is 9.10. The van der Waals surface area contributed by atoms with Crippen LogP contribution >= 0.6 is 11.3 Å². The molecule has 0 aliphatic carbocycles. The minimum atomic E-state index is -0.357. The number of benzene rings is 1. The average Bonchev–Trinajstić information content (AvgIpc) is 3.45. The lowest BCUT2D eigenvalue weighted by Gasteiger charge is -2.11. The molecule has 2 heterocycles. The van der Waals surface area contributed by atoms with E-state index in [0.29, 0.717) is 17.9 Å². The van der Waals surface area contributed by atoms with E-state index < -0.39 is 0 Å². The predicted octanol–water partition coefficient (Wildman–Crippen LogP) is 2.93. The van der Waals surface area contributed by atoms with E-state index in [1.165, 1.54) is 11.3 Å². The van der Waals surface area contributed by atoms with Gasteiger partial charge >= 0.3 is 0 Å². The Morgan fingerprint density at radius 1 is 1.24 bits per heavy atom. The van der Waals surface area contributed by atoms with Crippen LogP contribution in [0.5, 0.6) is 5.75 Å². The highest BCUT2D eigenvalue weighted by Crippen LogP contribution is 2.14. The molecule has 0 aliphatic heterocycles. The molecule has 0 fully saturated rings. The molecule has 0 atom stereocenters. The summed E-state index contributed by atoms with van der Waals surface area (Å²) in [7, 11) is 1.56. The van der Waals surface area contributed by atoms with Gasteiger partial charge in [0.15, 0.2) is 0 Å². The van der Waals surface area contributed by atoms with Crippen LogP contribution in [0.25, 0.3) is 6.08 Å². The van der Waals surface area contributed by atoms with Gasteiger partial charge in [-0.05, 0) is 48.2 Å². The number of hydrogen-bond donors (Lipinski definition) is 2. The summed E-state index contributed by atoms with van der Waals surface area (Å²) >= 11 is 1.49. The summed E-state index contributed by atoms with van der Waals surface area (Å²) in [6, 6.07) is 10.5. The van der Waals surface area contributed by atoms with Gasteiger partial charge in [0.1, 0.15) is 11.4 Å². The summed E-state index contributed by atoms with van der Waals surface area (Å²) in [5.41, 5.74) is 0.645. The van der Waals surface area contributed by atoms with E-state index in [1.54, 1.807) is 50.0 Å². The smallest absolute Gasteiger partial charge is 0.267 e. The van der Waals surface area contributed by atoms with Crippen LogP contribution in [0, 0.1) is 0 Å². The minimum Gasteiger partial charge on any atom is -0.497 e. The van der Waals surface area contributed by atoms with E-state index in [9.17, 15) is 9.59 Å². The van der Waals surface area contributed by atoms with Gasteiger partial charge in [0.25, 0.3) is 11.8 Å². The van der Waals surface area contributed by atoms with E-state index >= 15 is 0 Å². The van der Waals surface area contributed by atoms with Crippen LogP contribution in [-0.4, -0.2) is 35.0 Å². The summed E-state index contributed by atoms with van der Waals surface area (Å²) in [6.45, 7) is 1.24. The number of thiophene rings is 1. The highest BCUT2D eigenvalue weighted by atomic mass is 32.1. The Morgan fingerprint density at radius 3 is 2.72 bits per heavy atom. The maximum absolute atomic E-state index is 12.7. The maximum Gasteiger partial charge on any atom is 0.267 e. The van der Waals surface area contributed by atoms with Crippen molar-refractivity contribution in [3.8, 4) is 5.75 Å². The molecule has 3 aromatic rings. The molecule has 0 spiro atoms. The standard InChI is InChI=1S/C21H22N4O3S/c1-28-17-7-5-16(6-8-17)20(26)24-19(14-18-4-2-13-29-18)21(27)23-9-3-11-25-12-10-22-15-25/h2,4-8,10,12-15H,3,9,11H2,1H3,(H,23,27)(H,24,26)/b19-14-. The van der Waals surface area contributed by atoms with Crippen LogP contribution in [-0.2, 0) is 11.3 Å². The Labute approximate surface area is 173 Å². The number of hydrogen-bond acceptors (Lipinski definition) is 5. The van der Waals surface area contributed by atoms with Crippen molar-refractivity contribution in [1.82, 2.24) is 20.2 Å². The lowest BCUT2D eigenvalue weighted by Crippen LogP contribution is -2.35. The molecule has 8 heteroatoms. The molecule has 29 heavy (non-hydrogen) atoms. The molecule has 7 nitrogen and oxygen atoms in total. The number of carbonyl (C=O) groups is 2. The molecule has 2 amide bonds. The first-order valence-corrected chi connectivity index (χ1v) is 9.98. The SMILES string of the molecule is COc1ccc(C(=O)N/C(=C\c2cccs2)C(=O)NCCCn2ccnc2)cc1. The van der Waals surface area contributed by atoms with Crippen molar-refractivity contribution in [3.05, 3.63) is 76.6 Å². The fourth-order valence-electron chi connectivity index (χ4n) is 2.59. The average molecular weight is 410 g/mol. The second-order valence-electron chi connectivity index (χ2n) is 6.17. The number of nitrogens with one attached hydrogen (secondary N) is 2. The molecule has 0 aliphatic rings. The first kappa shape index (κ1) is 20.3. The summed E-state index contributed by atoms with van der Waals surface area (Å²) in [5.74, 6) is -0.0264. The summed E-state index contributed by atoms with van der Waals surface area (Å²) in [6.07, 6.45) is 7.76. The van der Waals surface area contributed by atoms with E-state index in [0.717, 1.165) is 17.8 Å². The second kappa shape index (κ2) is 10.2. The number of nitrogens with zero attached hydrogens (tertiary/aromatic N) is 2. The summed E-state index contributed by atoms with van der Waals surface area (Å²) in [4.78, 5) is 30.1. The van der Waals surface area contributed by atoms with Crippen LogP contribution in [0.1, 0.15) is 21.7 Å². The molecule has 0 saturated heterocycles. The number of carbonyl (C=O) groups excluding carboxylic acids is 2. The zero-order valence-electron chi connectivity index (χ0n) is 16.0. The number of aryl methyl sites for hydroxylation is 1. The van der Waals surface area contributed by atoms with Crippen molar-refractivity contribution < 1.29 is 14.3 Å². The third-order valence-corrected chi connectivity index (χ3v) is 4.93. The highest BCUT2D eigenvalue weighted by molar-refractivity contribution is 7.10. The zero-order chi connectivity index (χ0) is 20.5. The number of methoxy groups -OCH3 is 1. The number of rotatable bonds is 9. The highest BCUT2D eigenvalue weighted by Gasteiger charge is 2.15. The molecular formula is C21H22N4O3S. The number of ether oxygens (including phenoxy) is 1. The Kier molecular flexibility index (Phi) is 7.18. The van der Waals surface area contributed by atoms with Crippen molar-refractivity contribution in [2.45, 2.75) is 13.0 Å². The van der Waals surface area contributed by atoms with Crippen LogP contribution < -0.4 is 15.4 Å². The Bertz CT molecular complexity index is 948. The van der Waals surface area contributed by atoms with Crippen molar-refractivity contribution in [2.75, 3.05) is 13.7 Å². The van der Waals surface area contributed by atoms with E-state index in [2.05, 4.69) is 15.6 Å². The van der Waals surface area contributed by atoms with Gasteiger partial charge in [0.2, 0.25) is 0 Å². The lowest BCUT2D eigenvalue weighted by atomic mass is 10.2. The first-order chi connectivity index (χ1) is 14.2. The normalized spacial score (nSPS) is 11.1. The third kappa shape index (κ3) is 6.05. The van der Waals surface area contributed by atoms with Gasteiger partial charge in [0, 0.05) is 35.9 Å². The van der Waals surface area contributed by atoms with Crippen LogP contribution in [0.2, 0.25) is 0 Å². The largest absolute Gasteiger partial charge is 0.497 e. The van der Waals surface area contributed by atoms with Gasteiger partial charge < -0.3 is 19.9 Å². The van der Waals surface area contributed by atoms with Crippen molar-refractivity contribution >= 4 is 29.2 Å². The molecule has 1 aromatic carbocycles. The molecule has 2 aromatic heterocycles. The maximum atomic E-state index is 12.7. The molecule has 150 valence electrons. The van der Waals surface area contributed by atoms with Crippen molar-refractivity contribution in [2.24, 2.45) is 0 Å². The molecule has 3 rings (SSSR count). The van der Waals surface area contributed by atoms with Gasteiger partial charge in [-0.25, -0.2) is 4.98 Å². The van der Waals surface area contributed by atoms with E-state index in [-0.39, 0.29) is 17.5 Å². The van der Waals surface area contributed by atoms with Crippen LogP contribution in [0.15, 0.2) is 66.2 Å². The topological polar surface area (TPSA) is 85.2 Å². The Balaban J connectivity index is 1.63. The van der Waals surface area contributed by atoms with Crippen LogP contribution in [0.4, 0.5) is 0 Å². The van der Waals surface area contributed by atoms with Gasteiger partial charge in [-0.1, -0.05) is 6.07 Å². The van der Waals surface area contributed by atoms with Gasteiger partial charge in [0.05, 0.1) is 13.4 Å². The summed E-state index contributed by atoms with van der Waals surface area (Å²) < 4.78 is 7.05. The molecule has 0 bridgehead atoms. The zero-order valence-corrected chi connectivity index (χ0v) is 16.8. The van der Waals surface area contributed by atoms with Gasteiger partial charge in [-0.2, -0.15) is 0 Å². The Morgan fingerprint density at radius 2 is 2.07 bits per heavy atom. The van der Waals surface area contributed by atoms with Crippen molar-refractivity contribution in [3.63, 3.8) is 0 Å².